The van der Waals surface area contributed by atoms with Crippen molar-refractivity contribution < 1.29 is 31.8 Å². The van der Waals surface area contributed by atoms with Crippen molar-refractivity contribution in [3.8, 4) is 11.6 Å². The van der Waals surface area contributed by atoms with Crippen LogP contribution in [0.25, 0.3) is 21.8 Å². The summed E-state index contributed by atoms with van der Waals surface area (Å²) < 4.78 is 61.5. The summed E-state index contributed by atoms with van der Waals surface area (Å²) in [6.45, 7) is 1.66. The van der Waals surface area contributed by atoms with Crippen LogP contribution in [-0.2, 0) is 4.79 Å². The number of nitrogens with one attached hydrogen (secondary N) is 1. The van der Waals surface area contributed by atoms with Crippen LogP contribution in [0.15, 0.2) is 36.4 Å². The first kappa shape index (κ1) is 21.2. The van der Waals surface area contributed by atoms with Gasteiger partial charge in [-0.15, -0.1) is 0 Å². The zero-order chi connectivity index (χ0) is 23.0. The number of rotatable bonds is 4. The lowest BCUT2D eigenvalue weighted by Gasteiger charge is -2.12. The number of anilines is 2. The Labute approximate surface area is 177 Å². The van der Waals surface area contributed by atoms with E-state index in [0.717, 1.165) is 6.07 Å². The number of halogens is 4. The lowest BCUT2D eigenvalue weighted by molar-refractivity contribution is -0.189. The maximum Gasteiger partial charge on any atom is 0.491 e. The molecule has 0 unspecified atom stereocenters. The lowest BCUT2D eigenvalue weighted by atomic mass is 10.2. The molecule has 2 aromatic heterocycles. The first-order valence-electron chi connectivity index (χ1n) is 9.00. The highest BCUT2D eigenvalue weighted by atomic mass is 19.4. The van der Waals surface area contributed by atoms with Gasteiger partial charge in [0.05, 0.1) is 29.2 Å². The van der Waals surface area contributed by atoms with Gasteiger partial charge in [-0.25, -0.2) is 24.1 Å². The quantitative estimate of drug-likeness (QED) is 0.366. The molecule has 32 heavy (non-hydrogen) atoms. The van der Waals surface area contributed by atoms with Crippen LogP contribution in [0.4, 0.5) is 29.5 Å². The molecule has 0 aliphatic heterocycles. The summed E-state index contributed by atoms with van der Waals surface area (Å²) in [6.07, 6.45) is -5.21. The molecule has 4 rings (SSSR count). The van der Waals surface area contributed by atoms with Gasteiger partial charge in [-0.05, 0) is 25.1 Å². The van der Waals surface area contributed by atoms with Crippen LogP contribution in [0.2, 0.25) is 0 Å². The highest BCUT2D eigenvalue weighted by Gasteiger charge is 2.42. The number of ether oxygens (including phenoxy) is 2. The first-order valence-corrected chi connectivity index (χ1v) is 9.00. The molecule has 164 valence electrons. The van der Waals surface area contributed by atoms with Crippen LogP contribution in [0, 0.1) is 12.7 Å². The standard InChI is InChI=1S/C20H13F4N5O3/c1-9-11-7-15(31-2)12(21)8-14(11)27-18(25-9)29-19-26-13-6-4-3-5-10(13)16(28-19)32-17(30)20(22,23)24/h3-8H,1-2H3,(H,25,26,27,28,29). The molecule has 0 amide bonds. The highest BCUT2D eigenvalue weighted by Crippen LogP contribution is 2.29. The summed E-state index contributed by atoms with van der Waals surface area (Å²) in [5.74, 6) is -3.88. The van der Waals surface area contributed by atoms with E-state index in [0.29, 0.717) is 11.1 Å². The molecule has 0 saturated carbocycles. The van der Waals surface area contributed by atoms with Crippen molar-refractivity contribution >= 4 is 39.7 Å². The highest BCUT2D eigenvalue weighted by molar-refractivity contribution is 5.88. The van der Waals surface area contributed by atoms with Crippen molar-refractivity contribution in [3.05, 3.63) is 47.9 Å². The van der Waals surface area contributed by atoms with Crippen LogP contribution in [0.5, 0.6) is 11.6 Å². The van der Waals surface area contributed by atoms with Gasteiger partial charge >= 0.3 is 12.1 Å². The third kappa shape index (κ3) is 4.06. The summed E-state index contributed by atoms with van der Waals surface area (Å²) in [6, 6.07) is 8.65. The fourth-order valence-electron chi connectivity index (χ4n) is 2.92. The molecule has 0 saturated heterocycles. The normalized spacial score (nSPS) is 11.6. The van der Waals surface area contributed by atoms with Crippen molar-refractivity contribution in [2.24, 2.45) is 0 Å². The van der Waals surface area contributed by atoms with Gasteiger partial charge in [0.25, 0.3) is 0 Å². The van der Waals surface area contributed by atoms with E-state index in [2.05, 4.69) is 30.0 Å². The second-order valence-corrected chi connectivity index (χ2v) is 6.52. The van der Waals surface area contributed by atoms with Crippen molar-refractivity contribution in [3.63, 3.8) is 0 Å². The molecule has 0 aliphatic carbocycles. The molecule has 0 fully saturated rings. The minimum Gasteiger partial charge on any atom is -0.494 e. The Morgan fingerprint density at radius 1 is 0.969 bits per heavy atom. The number of methoxy groups -OCH3 is 1. The number of aromatic nitrogens is 4. The zero-order valence-corrected chi connectivity index (χ0v) is 16.5. The van der Waals surface area contributed by atoms with Gasteiger partial charge in [-0.3, -0.25) is 5.32 Å². The van der Waals surface area contributed by atoms with E-state index in [4.69, 9.17) is 4.74 Å². The van der Waals surface area contributed by atoms with E-state index in [1.54, 1.807) is 13.0 Å². The molecule has 0 radical (unpaired) electrons. The summed E-state index contributed by atoms with van der Waals surface area (Å²) in [4.78, 5) is 27.8. The molecule has 0 bridgehead atoms. The van der Waals surface area contributed by atoms with E-state index in [1.165, 1.54) is 31.4 Å². The second-order valence-electron chi connectivity index (χ2n) is 6.52. The number of fused-ring (bicyclic) bond motifs is 2. The zero-order valence-electron chi connectivity index (χ0n) is 16.5. The average Bonchev–Trinajstić information content (AvgIpc) is 2.72. The fourth-order valence-corrected chi connectivity index (χ4v) is 2.92. The Morgan fingerprint density at radius 2 is 1.66 bits per heavy atom. The smallest absolute Gasteiger partial charge is 0.491 e. The summed E-state index contributed by atoms with van der Waals surface area (Å²) in [5.41, 5.74) is 0.936. The van der Waals surface area contributed by atoms with Gasteiger partial charge in [0.1, 0.15) is 0 Å². The number of alkyl halides is 3. The van der Waals surface area contributed by atoms with E-state index in [-0.39, 0.29) is 34.1 Å². The van der Waals surface area contributed by atoms with Crippen LogP contribution in [0.3, 0.4) is 0 Å². The molecule has 0 aliphatic rings. The van der Waals surface area contributed by atoms with E-state index < -0.39 is 23.8 Å². The second kappa shape index (κ2) is 7.87. The van der Waals surface area contributed by atoms with Gasteiger partial charge in [-0.2, -0.15) is 18.2 Å². The Bertz CT molecular complexity index is 1360. The minimum atomic E-state index is -5.21. The lowest BCUT2D eigenvalue weighted by Crippen LogP contribution is -2.28. The molecule has 0 atom stereocenters. The topological polar surface area (TPSA) is 99.1 Å². The Hall–Kier alpha value is -4.09. The van der Waals surface area contributed by atoms with Gasteiger partial charge < -0.3 is 9.47 Å². The number of benzene rings is 2. The number of hydrogen-bond donors (Lipinski definition) is 1. The minimum absolute atomic E-state index is 0.0268. The SMILES string of the molecule is COc1cc2c(C)nc(Nc3nc(OC(=O)C(F)(F)F)c4ccccc4n3)nc2cc1F. The predicted molar refractivity (Wildman–Crippen MR) is 105 cm³/mol. The van der Waals surface area contributed by atoms with E-state index in [1.807, 2.05) is 0 Å². The third-order valence-electron chi connectivity index (χ3n) is 4.37. The maximum absolute atomic E-state index is 14.1. The number of carbonyl (C=O) groups is 1. The molecule has 2 aromatic carbocycles. The summed E-state index contributed by atoms with van der Waals surface area (Å²) in [7, 11) is 1.33. The van der Waals surface area contributed by atoms with Gasteiger partial charge in [0.15, 0.2) is 11.6 Å². The van der Waals surface area contributed by atoms with Crippen molar-refractivity contribution in [1.82, 2.24) is 19.9 Å². The van der Waals surface area contributed by atoms with Crippen molar-refractivity contribution in [2.75, 3.05) is 12.4 Å². The monoisotopic (exact) mass is 447 g/mol. The molecule has 2 heterocycles. The molecular formula is C20H13F4N5O3. The van der Waals surface area contributed by atoms with Crippen LogP contribution >= 0.6 is 0 Å². The molecule has 1 N–H and O–H groups in total. The van der Waals surface area contributed by atoms with Gasteiger partial charge in [0.2, 0.25) is 17.8 Å². The fraction of sp³-hybridized carbons (Fsp3) is 0.150. The van der Waals surface area contributed by atoms with Gasteiger partial charge in [0, 0.05) is 11.5 Å². The number of aryl methyl sites for hydroxylation is 1. The molecule has 8 nitrogen and oxygen atoms in total. The molecule has 0 spiro atoms. The number of esters is 1. The molecule has 4 aromatic rings. The van der Waals surface area contributed by atoms with Crippen molar-refractivity contribution in [1.29, 1.82) is 0 Å². The third-order valence-corrected chi connectivity index (χ3v) is 4.37. The number of nitrogens with zero attached hydrogens (tertiary/aromatic N) is 4. The Balaban J connectivity index is 1.76. The largest absolute Gasteiger partial charge is 0.494 e. The predicted octanol–water partition coefficient (Wildman–Crippen LogP) is 4.24. The first-order chi connectivity index (χ1) is 15.2. The van der Waals surface area contributed by atoms with Crippen molar-refractivity contribution in [2.45, 2.75) is 13.1 Å². The van der Waals surface area contributed by atoms with Crippen LogP contribution in [0.1, 0.15) is 5.69 Å². The molecular weight excluding hydrogens is 434 g/mol. The number of para-hydroxylation sites is 1. The number of carbonyl (C=O) groups excluding carboxylic acids is 1. The molecule has 12 heteroatoms. The summed E-state index contributed by atoms with van der Waals surface area (Å²) in [5, 5.41) is 3.29. The van der Waals surface area contributed by atoms with Crippen LogP contribution < -0.4 is 14.8 Å². The summed E-state index contributed by atoms with van der Waals surface area (Å²) >= 11 is 0. The Kier molecular flexibility index (Phi) is 5.20. The van der Waals surface area contributed by atoms with E-state index in [9.17, 15) is 22.4 Å². The van der Waals surface area contributed by atoms with Gasteiger partial charge in [-0.1, -0.05) is 12.1 Å². The van der Waals surface area contributed by atoms with E-state index >= 15 is 0 Å². The maximum atomic E-state index is 14.1. The Morgan fingerprint density at radius 3 is 2.38 bits per heavy atom. The van der Waals surface area contributed by atoms with Crippen LogP contribution in [-0.4, -0.2) is 39.2 Å². The number of hydrogen-bond acceptors (Lipinski definition) is 8. The average molecular weight is 447 g/mol.